The van der Waals surface area contributed by atoms with E-state index in [4.69, 9.17) is 5.11 Å². The van der Waals surface area contributed by atoms with E-state index in [1.165, 1.54) is 22.3 Å². The van der Waals surface area contributed by atoms with Crippen LogP contribution in [0.5, 0.6) is 0 Å². The third-order valence-electron chi connectivity index (χ3n) is 3.32. The van der Waals surface area contributed by atoms with E-state index in [-0.39, 0.29) is 0 Å². The third kappa shape index (κ3) is 3.57. The summed E-state index contributed by atoms with van der Waals surface area (Å²) in [7, 11) is 0. The van der Waals surface area contributed by atoms with Crippen LogP contribution < -0.4 is 5.32 Å². The Bertz CT molecular complexity index is 427. The van der Waals surface area contributed by atoms with Gasteiger partial charge in [-0.25, -0.2) is 0 Å². The number of rotatable bonds is 5. The van der Waals surface area contributed by atoms with E-state index in [1.54, 1.807) is 13.8 Å². The lowest BCUT2D eigenvalue weighted by Crippen LogP contribution is -2.47. The molecule has 0 radical (unpaired) electrons. The van der Waals surface area contributed by atoms with Crippen LogP contribution in [0.2, 0.25) is 0 Å². The van der Waals surface area contributed by atoms with Gasteiger partial charge in [0.1, 0.15) is 5.54 Å². The summed E-state index contributed by atoms with van der Waals surface area (Å²) in [5.41, 5.74) is 4.28. The number of hydrogen-bond donors (Lipinski definition) is 2. The van der Waals surface area contributed by atoms with Crippen molar-refractivity contribution < 1.29 is 9.90 Å². The predicted octanol–water partition coefficient (Wildman–Crippen LogP) is 2.61. The summed E-state index contributed by atoms with van der Waals surface area (Å²) in [6, 6.07) is 4.34. The molecule has 18 heavy (non-hydrogen) atoms. The molecular formula is C15H23NO2. The normalized spacial score (nSPS) is 11.6. The van der Waals surface area contributed by atoms with Gasteiger partial charge in [0, 0.05) is 6.54 Å². The minimum absolute atomic E-state index is 0.671. The molecule has 3 heteroatoms. The lowest BCUT2D eigenvalue weighted by molar-refractivity contribution is -0.143. The van der Waals surface area contributed by atoms with Gasteiger partial charge in [0.15, 0.2) is 0 Å². The van der Waals surface area contributed by atoms with Crippen molar-refractivity contribution in [2.75, 3.05) is 6.54 Å². The second-order valence-electron chi connectivity index (χ2n) is 5.48. The number of carboxylic acids is 1. The maximum Gasteiger partial charge on any atom is 0.323 e. The molecule has 100 valence electrons. The van der Waals surface area contributed by atoms with Crippen LogP contribution in [0.4, 0.5) is 0 Å². The molecule has 2 N–H and O–H groups in total. The summed E-state index contributed by atoms with van der Waals surface area (Å²) in [4.78, 5) is 11.0. The molecule has 1 aromatic rings. The maximum atomic E-state index is 11.0. The molecule has 0 saturated heterocycles. The Morgan fingerprint density at radius 1 is 1.22 bits per heavy atom. The Labute approximate surface area is 109 Å². The lowest BCUT2D eigenvalue weighted by atomic mass is 9.97. The molecule has 0 spiro atoms. The average Bonchev–Trinajstić information content (AvgIpc) is 2.21. The molecular weight excluding hydrogens is 226 g/mol. The van der Waals surface area contributed by atoms with Crippen LogP contribution in [0.3, 0.4) is 0 Å². The van der Waals surface area contributed by atoms with Gasteiger partial charge in [0.2, 0.25) is 0 Å². The quantitative estimate of drug-likeness (QED) is 0.843. The van der Waals surface area contributed by atoms with Gasteiger partial charge < -0.3 is 10.4 Å². The monoisotopic (exact) mass is 249 g/mol. The van der Waals surface area contributed by atoms with E-state index >= 15 is 0 Å². The fraction of sp³-hybridized carbons (Fsp3) is 0.533. The number of aliphatic carboxylic acids is 1. The smallest absolute Gasteiger partial charge is 0.323 e. The van der Waals surface area contributed by atoms with Gasteiger partial charge in [0.25, 0.3) is 0 Å². The van der Waals surface area contributed by atoms with Crippen LogP contribution in [-0.4, -0.2) is 23.2 Å². The molecule has 1 aromatic carbocycles. The molecule has 0 fully saturated rings. The van der Waals surface area contributed by atoms with Crippen molar-refractivity contribution in [2.45, 2.75) is 46.6 Å². The first kappa shape index (κ1) is 14.7. The van der Waals surface area contributed by atoms with Crippen molar-refractivity contribution in [1.82, 2.24) is 5.32 Å². The van der Waals surface area contributed by atoms with Gasteiger partial charge in [-0.05, 0) is 57.7 Å². The van der Waals surface area contributed by atoms with Crippen molar-refractivity contribution in [3.05, 3.63) is 34.4 Å². The molecule has 0 amide bonds. The molecule has 0 aromatic heterocycles. The number of aryl methyl sites for hydroxylation is 3. The minimum atomic E-state index is -0.869. The highest BCUT2D eigenvalue weighted by atomic mass is 16.4. The molecule has 0 heterocycles. The molecule has 3 nitrogen and oxygen atoms in total. The SMILES string of the molecule is Cc1cc(C)c(CCNC(C)(C)C(=O)O)c(C)c1. The first-order valence-electron chi connectivity index (χ1n) is 6.29. The summed E-state index contributed by atoms with van der Waals surface area (Å²) < 4.78 is 0. The second-order valence-corrected chi connectivity index (χ2v) is 5.48. The van der Waals surface area contributed by atoms with Gasteiger partial charge in [-0.3, -0.25) is 4.79 Å². The Kier molecular flexibility index (Phi) is 4.52. The van der Waals surface area contributed by atoms with Crippen molar-refractivity contribution in [3.8, 4) is 0 Å². The molecule has 0 saturated carbocycles. The van der Waals surface area contributed by atoms with E-state index in [0.717, 1.165) is 6.42 Å². The highest BCUT2D eigenvalue weighted by Gasteiger charge is 2.25. The maximum absolute atomic E-state index is 11.0. The number of carbonyl (C=O) groups is 1. The standard InChI is InChI=1S/C15H23NO2/c1-10-8-11(2)13(12(3)9-10)6-7-16-15(4,5)14(17)18/h8-9,16H,6-7H2,1-5H3,(H,17,18). The number of nitrogens with one attached hydrogen (secondary N) is 1. The minimum Gasteiger partial charge on any atom is -0.480 e. The molecule has 0 aliphatic carbocycles. The summed E-state index contributed by atoms with van der Waals surface area (Å²) >= 11 is 0. The highest BCUT2D eigenvalue weighted by Crippen LogP contribution is 2.16. The number of hydrogen-bond acceptors (Lipinski definition) is 2. The van der Waals surface area contributed by atoms with Crippen molar-refractivity contribution in [2.24, 2.45) is 0 Å². The fourth-order valence-corrected chi connectivity index (χ4v) is 2.18. The van der Waals surface area contributed by atoms with E-state index in [2.05, 4.69) is 38.2 Å². The third-order valence-corrected chi connectivity index (χ3v) is 3.32. The molecule has 0 atom stereocenters. The Hall–Kier alpha value is -1.35. The molecule has 0 bridgehead atoms. The Morgan fingerprint density at radius 3 is 2.17 bits per heavy atom. The van der Waals surface area contributed by atoms with Gasteiger partial charge >= 0.3 is 5.97 Å². The predicted molar refractivity (Wildman–Crippen MR) is 74.1 cm³/mol. The second kappa shape index (κ2) is 5.53. The first-order valence-corrected chi connectivity index (χ1v) is 6.29. The van der Waals surface area contributed by atoms with Crippen molar-refractivity contribution in [1.29, 1.82) is 0 Å². The van der Waals surface area contributed by atoms with Crippen LogP contribution in [-0.2, 0) is 11.2 Å². The van der Waals surface area contributed by atoms with Crippen LogP contribution in [0.15, 0.2) is 12.1 Å². The van der Waals surface area contributed by atoms with Gasteiger partial charge in [-0.2, -0.15) is 0 Å². The number of benzene rings is 1. The zero-order valence-corrected chi connectivity index (χ0v) is 11.9. The van der Waals surface area contributed by atoms with Gasteiger partial charge in [0.05, 0.1) is 0 Å². The van der Waals surface area contributed by atoms with E-state index in [1.807, 2.05) is 0 Å². The average molecular weight is 249 g/mol. The van der Waals surface area contributed by atoms with Crippen molar-refractivity contribution >= 4 is 5.97 Å². The van der Waals surface area contributed by atoms with Crippen LogP contribution in [0.25, 0.3) is 0 Å². The highest BCUT2D eigenvalue weighted by molar-refractivity contribution is 5.77. The van der Waals surface area contributed by atoms with Crippen LogP contribution in [0, 0.1) is 20.8 Å². The lowest BCUT2D eigenvalue weighted by Gasteiger charge is -2.21. The van der Waals surface area contributed by atoms with Crippen molar-refractivity contribution in [3.63, 3.8) is 0 Å². The fourth-order valence-electron chi connectivity index (χ4n) is 2.18. The summed E-state index contributed by atoms with van der Waals surface area (Å²) in [6.45, 7) is 10.4. The van der Waals surface area contributed by atoms with Crippen LogP contribution >= 0.6 is 0 Å². The molecule has 0 aliphatic rings. The molecule has 0 unspecified atom stereocenters. The first-order chi connectivity index (χ1) is 8.24. The summed E-state index contributed by atoms with van der Waals surface area (Å²) in [6.07, 6.45) is 0.856. The molecule has 0 aliphatic heterocycles. The van der Waals surface area contributed by atoms with E-state index in [0.29, 0.717) is 6.54 Å². The largest absolute Gasteiger partial charge is 0.480 e. The Balaban J connectivity index is 2.68. The van der Waals surface area contributed by atoms with E-state index in [9.17, 15) is 4.79 Å². The summed E-state index contributed by atoms with van der Waals surface area (Å²) in [5.74, 6) is -0.820. The zero-order valence-electron chi connectivity index (χ0n) is 11.9. The van der Waals surface area contributed by atoms with Gasteiger partial charge in [-0.1, -0.05) is 17.7 Å². The summed E-state index contributed by atoms with van der Waals surface area (Å²) in [5, 5.41) is 12.1. The topological polar surface area (TPSA) is 49.3 Å². The number of carboxylic acid groups (broad SMARTS) is 1. The Morgan fingerprint density at radius 2 is 1.72 bits per heavy atom. The van der Waals surface area contributed by atoms with E-state index < -0.39 is 11.5 Å². The molecule has 1 rings (SSSR count). The van der Waals surface area contributed by atoms with Gasteiger partial charge in [-0.15, -0.1) is 0 Å². The van der Waals surface area contributed by atoms with Crippen LogP contribution in [0.1, 0.15) is 36.1 Å². The zero-order chi connectivity index (χ0) is 13.9.